The van der Waals surface area contributed by atoms with E-state index in [9.17, 15) is 29.7 Å². The molecule has 2 heterocycles. The van der Waals surface area contributed by atoms with Gasteiger partial charge in [0.25, 0.3) is 0 Å². The molecule has 3 N–H and O–H groups in total. The molecule has 0 radical (unpaired) electrons. The molecule has 2 aliphatic heterocycles. The van der Waals surface area contributed by atoms with E-state index >= 15 is 0 Å². The van der Waals surface area contributed by atoms with Gasteiger partial charge in [-0.15, -0.1) is 0 Å². The number of esters is 2. The molecule has 2 saturated heterocycles. The first-order valence-corrected chi connectivity index (χ1v) is 11.6. The van der Waals surface area contributed by atoms with Gasteiger partial charge in [0.15, 0.2) is 5.78 Å². The maximum atomic E-state index is 13.8. The minimum absolute atomic E-state index is 0.117. The normalized spacial score (nSPS) is 51.5. The van der Waals surface area contributed by atoms with Gasteiger partial charge in [-0.1, -0.05) is 20.4 Å². The van der Waals surface area contributed by atoms with E-state index in [1.165, 1.54) is 13.8 Å². The first kappa shape index (κ1) is 23.0. The molecule has 4 aliphatic carbocycles. The van der Waals surface area contributed by atoms with E-state index in [1.807, 2.05) is 13.8 Å². The summed E-state index contributed by atoms with van der Waals surface area (Å²) in [7, 11) is 0. The molecule has 2 spiro atoms. The van der Waals surface area contributed by atoms with E-state index in [1.54, 1.807) is 0 Å². The Morgan fingerprint density at radius 1 is 1.09 bits per heavy atom. The SMILES string of the molecule is C=C1C(=O)C23C(O)C1CC(OC(C)=O)C2C12COC3(O)C(O)C1C(C)(C)CCC2OC(C)=O. The van der Waals surface area contributed by atoms with Crippen LogP contribution >= 0.6 is 0 Å². The van der Waals surface area contributed by atoms with E-state index < -0.39 is 81.9 Å². The Hall–Kier alpha value is -1.81. The Morgan fingerprint density at radius 3 is 2.33 bits per heavy atom. The predicted octanol–water partition coefficient (Wildman–Crippen LogP) is 0.488. The largest absolute Gasteiger partial charge is 0.462 e. The average molecular weight is 465 g/mol. The van der Waals surface area contributed by atoms with Crippen LogP contribution in [0.5, 0.6) is 0 Å². The quantitative estimate of drug-likeness (QED) is 0.393. The predicted molar refractivity (Wildman–Crippen MR) is 111 cm³/mol. The number of aliphatic hydroxyl groups excluding tert-OH is 2. The van der Waals surface area contributed by atoms with Crippen LogP contribution in [0.3, 0.4) is 0 Å². The molecule has 4 bridgehead atoms. The van der Waals surface area contributed by atoms with Crippen LogP contribution in [0, 0.1) is 34.0 Å². The lowest BCUT2D eigenvalue weighted by atomic mass is 9.35. The Kier molecular flexibility index (Phi) is 4.63. The summed E-state index contributed by atoms with van der Waals surface area (Å²) in [4.78, 5) is 38.1. The number of ether oxygens (including phenoxy) is 3. The Balaban J connectivity index is 1.83. The minimum Gasteiger partial charge on any atom is -0.462 e. The van der Waals surface area contributed by atoms with Crippen molar-refractivity contribution in [3.05, 3.63) is 12.2 Å². The zero-order valence-corrected chi connectivity index (χ0v) is 19.4. The van der Waals surface area contributed by atoms with Gasteiger partial charge in [0.2, 0.25) is 5.79 Å². The number of Topliss-reactive ketones (excluding diaryl/α,β-unsaturated/α-hetero) is 1. The number of ketones is 1. The first-order chi connectivity index (χ1) is 15.3. The van der Waals surface area contributed by atoms with Crippen LogP contribution in [0.25, 0.3) is 0 Å². The third-order valence-corrected chi connectivity index (χ3v) is 9.44. The smallest absolute Gasteiger partial charge is 0.302 e. The van der Waals surface area contributed by atoms with Crippen LogP contribution in [-0.4, -0.2) is 69.9 Å². The van der Waals surface area contributed by atoms with E-state index in [-0.39, 0.29) is 18.6 Å². The van der Waals surface area contributed by atoms with Crippen molar-refractivity contribution in [3.63, 3.8) is 0 Å². The lowest BCUT2D eigenvalue weighted by Gasteiger charge is -2.75. The van der Waals surface area contributed by atoms with Gasteiger partial charge in [0, 0.05) is 37.0 Å². The van der Waals surface area contributed by atoms with E-state index in [0.717, 1.165) is 0 Å². The topological polar surface area (TPSA) is 140 Å². The van der Waals surface area contributed by atoms with Crippen LogP contribution in [0.4, 0.5) is 0 Å². The standard InChI is InChI=1S/C24H32O9/c1-10-13-8-14(32-11(2)25)16-22-9-31-24(30,23(16,18(10)27)19(13)28)20(29)17(22)21(4,5)7-6-15(22)33-12(3)26/h13-17,19-20,28-30H,1,6-9H2,2-5H3. The molecule has 182 valence electrons. The molecular formula is C24H32O9. The number of aliphatic hydroxyl groups is 3. The van der Waals surface area contributed by atoms with Gasteiger partial charge in [-0.25, -0.2) is 0 Å². The second kappa shape index (κ2) is 6.65. The Bertz CT molecular complexity index is 958. The third-order valence-electron chi connectivity index (χ3n) is 9.44. The fourth-order valence-corrected chi connectivity index (χ4v) is 8.57. The fraction of sp³-hybridized carbons (Fsp3) is 0.792. The van der Waals surface area contributed by atoms with Crippen molar-refractivity contribution in [2.75, 3.05) is 6.61 Å². The third kappa shape index (κ3) is 2.39. The van der Waals surface area contributed by atoms with Crippen molar-refractivity contribution >= 4 is 17.7 Å². The molecule has 6 aliphatic rings. The number of carbonyl (C=O) groups excluding carboxylic acids is 3. The summed E-state index contributed by atoms with van der Waals surface area (Å²) in [6.07, 6.45) is -3.40. The van der Waals surface area contributed by atoms with Crippen molar-refractivity contribution in [1.82, 2.24) is 0 Å². The van der Waals surface area contributed by atoms with Crippen LogP contribution < -0.4 is 0 Å². The van der Waals surface area contributed by atoms with Gasteiger partial charge >= 0.3 is 11.9 Å². The lowest BCUT2D eigenvalue weighted by molar-refractivity contribution is -0.465. The van der Waals surface area contributed by atoms with Gasteiger partial charge < -0.3 is 29.5 Å². The molecule has 10 unspecified atom stereocenters. The van der Waals surface area contributed by atoms with Gasteiger partial charge in [-0.2, -0.15) is 0 Å². The molecular weight excluding hydrogens is 432 g/mol. The van der Waals surface area contributed by atoms with Crippen molar-refractivity contribution in [2.45, 2.75) is 77.2 Å². The summed E-state index contributed by atoms with van der Waals surface area (Å²) < 4.78 is 17.5. The monoisotopic (exact) mass is 464 g/mol. The van der Waals surface area contributed by atoms with E-state index in [2.05, 4.69) is 6.58 Å². The first-order valence-electron chi connectivity index (χ1n) is 11.6. The number of carbonyl (C=O) groups is 3. The van der Waals surface area contributed by atoms with Crippen molar-refractivity contribution in [2.24, 2.45) is 34.0 Å². The minimum atomic E-state index is -2.41. The molecule has 9 nitrogen and oxygen atoms in total. The highest BCUT2D eigenvalue weighted by molar-refractivity contribution is 6.05. The Morgan fingerprint density at radius 2 is 1.73 bits per heavy atom. The lowest BCUT2D eigenvalue weighted by Crippen LogP contribution is -2.87. The highest BCUT2D eigenvalue weighted by Crippen LogP contribution is 2.77. The molecule has 0 amide bonds. The number of fused-ring (bicyclic) bond motifs is 2. The van der Waals surface area contributed by atoms with Crippen LogP contribution in [0.1, 0.15) is 47.0 Å². The van der Waals surface area contributed by atoms with Gasteiger partial charge in [-0.05, 0) is 30.3 Å². The average Bonchev–Trinajstić information content (AvgIpc) is 2.81. The van der Waals surface area contributed by atoms with Crippen molar-refractivity contribution in [1.29, 1.82) is 0 Å². The summed E-state index contributed by atoms with van der Waals surface area (Å²) in [5.74, 6) is -6.44. The highest BCUT2D eigenvalue weighted by atomic mass is 16.6. The molecule has 4 saturated carbocycles. The zero-order chi connectivity index (χ0) is 24.3. The molecule has 0 aromatic rings. The highest BCUT2D eigenvalue weighted by Gasteiger charge is 2.89. The second-order valence-corrected chi connectivity index (χ2v) is 11.3. The van der Waals surface area contributed by atoms with Gasteiger partial charge in [0.05, 0.1) is 12.7 Å². The summed E-state index contributed by atoms with van der Waals surface area (Å²) in [5.41, 5.74) is -3.58. The molecule has 0 aromatic heterocycles. The van der Waals surface area contributed by atoms with E-state index in [4.69, 9.17) is 14.2 Å². The maximum Gasteiger partial charge on any atom is 0.302 e. The number of hydrogen-bond donors (Lipinski definition) is 3. The summed E-state index contributed by atoms with van der Waals surface area (Å²) in [6, 6.07) is 0. The summed E-state index contributed by atoms with van der Waals surface area (Å²) in [5, 5.41) is 35.1. The van der Waals surface area contributed by atoms with E-state index in [0.29, 0.717) is 12.8 Å². The second-order valence-electron chi connectivity index (χ2n) is 11.3. The van der Waals surface area contributed by atoms with Crippen LogP contribution in [-0.2, 0) is 28.6 Å². The van der Waals surface area contributed by atoms with Crippen molar-refractivity contribution < 1.29 is 43.9 Å². The molecule has 10 atom stereocenters. The molecule has 33 heavy (non-hydrogen) atoms. The van der Waals surface area contributed by atoms with Crippen LogP contribution in [0.2, 0.25) is 0 Å². The molecule has 6 fully saturated rings. The van der Waals surface area contributed by atoms with Crippen LogP contribution in [0.15, 0.2) is 12.2 Å². The Labute approximate surface area is 192 Å². The molecule has 0 aromatic carbocycles. The summed E-state index contributed by atoms with van der Waals surface area (Å²) >= 11 is 0. The maximum absolute atomic E-state index is 13.8. The zero-order valence-electron chi connectivity index (χ0n) is 19.4. The summed E-state index contributed by atoms with van der Waals surface area (Å²) in [6.45, 7) is 10.2. The van der Waals surface area contributed by atoms with Crippen molar-refractivity contribution in [3.8, 4) is 0 Å². The fourth-order valence-electron chi connectivity index (χ4n) is 8.57. The molecule has 6 rings (SSSR count). The van der Waals surface area contributed by atoms with Gasteiger partial charge in [-0.3, -0.25) is 14.4 Å². The van der Waals surface area contributed by atoms with Gasteiger partial charge in [0.1, 0.15) is 23.7 Å². The number of rotatable bonds is 2. The number of hydrogen-bond acceptors (Lipinski definition) is 9. The molecule has 9 heteroatoms.